The molecule has 0 bridgehead atoms. The van der Waals surface area contributed by atoms with E-state index in [1.165, 1.54) is 0 Å². The second kappa shape index (κ2) is 8.22. The molecule has 4 aromatic rings. The number of amides is 1. The van der Waals surface area contributed by atoms with Crippen LogP contribution in [0.15, 0.2) is 85.1 Å². The van der Waals surface area contributed by atoms with Gasteiger partial charge in [0, 0.05) is 35.3 Å². The van der Waals surface area contributed by atoms with E-state index in [-0.39, 0.29) is 5.91 Å². The quantitative estimate of drug-likeness (QED) is 0.444. The third-order valence-corrected chi connectivity index (χ3v) is 8.06. The molecule has 1 aliphatic heterocycles. The molecule has 3 aromatic carbocycles. The van der Waals surface area contributed by atoms with E-state index >= 15 is 0 Å². The van der Waals surface area contributed by atoms with E-state index in [0.29, 0.717) is 6.54 Å². The maximum atomic E-state index is 14.5. The van der Waals surface area contributed by atoms with Gasteiger partial charge in [0.15, 0.2) is 5.54 Å². The zero-order chi connectivity index (χ0) is 24.1. The molecule has 0 saturated heterocycles. The number of aromatic nitrogens is 1. The Balaban J connectivity index is 1.77. The first-order valence-electron chi connectivity index (χ1n) is 11.4. The van der Waals surface area contributed by atoms with Gasteiger partial charge in [-0.25, -0.2) is 8.93 Å². The van der Waals surface area contributed by atoms with Crippen LogP contribution in [0, 0.1) is 0 Å². The number of aryl methyl sites for hydroxylation is 1. The number of carbonyl (C=O) groups excluding carboxylic acids is 1. The first-order valence-corrected chi connectivity index (χ1v) is 12.6. The lowest BCUT2D eigenvalue weighted by atomic mass is 9.84. The first kappa shape index (κ1) is 22.6. The minimum atomic E-state index is -1.50. The molecule has 0 spiro atoms. The highest BCUT2D eigenvalue weighted by Crippen LogP contribution is 2.48. The SMILES string of the molecule is Cn1cc([C@@]2(NS(=O)C(C)(C)C)C(=O)N(Cc3ccccc3)c3ccccc32)c2ccccc21. The number of anilines is 1. The van der Waals surface area contributed by atoms with Gasteiger partial charge in [0.1, 0.15) is 0 Å². The zero-order valence-corrected chi connectivity index (χ0v) is 20.7. The lowest BCUT2D eigenvalue weighted by molar-refractivity contribution is -0.122. The molecule has 1 aromatic heterocycles. The Labute approximate surface area is 203 Å². The van der Waals surface area contributed by atoms with Crippen molar-refractivity contribution < 1.29 is 9.00 Å². The van der Waals surface area contributed by atoms with E-state index in [9.17, 15) is 9.00 Å². The van der Waals surface area contributed by atoms with Crippen molar-refractivity contribution in [3.05, 3.63) is 102 Å². The highest BCUT2D eigenvalue weighted by molar-refractivity contribution is 7.84. The highest BCUT2D eigenvalue weighted by Gasteiger charge is 2.55. The van der Waals surface area contributed by atoms with Crippen LogP contribution in [-0.2, 0) is 34.9 Å². The van der Waals surface area contributed by atoms with Crippen LogP contribution >= 0.6 is 0 Å². The summed E-state index contributed by atoms with van der Waals surface area (Å²) in [6.45, 7) is 6.19. The number of fused-ring (bicyclic) bond motifs is 2. The van der Waals surface area contributed by atoms with E-state index in [1.54, 1.807) is 0 Å². The van der Waals surface area contributed by atoms with Crippen LogP contribution in [0.5, 0.6) is 0 Å². The van der Waals surface area contributed by atoms with Crippen LogP contribution < -0.4 is 9.62 Å². The molecule has 34 heavy (non-hydrogen) atoms. The van der Waals surface area contributed by atoms with Gasteiger partial charge in [-0.05, 0) is 38.5 Å². The lowest BCUT2D eigenvalue weighted by Gasteiger charge is -2.32. The molecular formula is C28H29N3O2S. The van der Waals surface area contributed by atoms with Crippen molar-refractivity contribution in [1.82, 2.24) is 9.29 Å². The van der Waals surface area contributed by atoms with Gasteiger partial charge >= 0.3 is 0 Å². The van der Waals surface area contributed by atoms with Crippen molar-refractivity contribution in [2.75, 3.05) is 4.90 Å². The monoisotopic (exact) mass is 471 g/mol. The molecule has 1 aliphatic rings. The number of rotatable bonds is 5. The molecule has 1 amide bonds. The van der Waals surface area contributed by atoms with Gasteiger partial charge in [-0.15, -0.1) is 0 Å². The maximum absolute atomic E-state index is 14.5. The fourth-order valence-corrected chi connectivity index (χ4v) is 5.61. The van der Waals surface area contributed by atoms with Gasteiger partial charge in [0.2, 0.25) is 0 Å². The first-order chi connectivity index (χ1) is 16.2. The minimum Gasteiger partial charge on any atom is -0.350 e. The lowest BCUT2D eigenvalue weighted by Crippen LogP contribution is -2.54. The summed E-state index contributed by atoms with van der Waals surface area (Å²) in [6, 6.07) is 25.9. The Morgan fingerprint density at radius 3 is 2.26 bits per heavy atom. The second-order valence-corrected chi connectivity index (χ2v) is 11.8. The molecule has 1 unspecified atom stereocenters. The predicted molar refractivity (Wildman–Crippen MR) is 139 cm³/mol. The van der Waals surface area contributed by atoms with Gasteiger partial charge in [0.25, 0.3) is 5.91 Å². The highest BCUT2D eigenvalue weighted by atomic mass is 32.2. The Kier molecular flexibility index (Phi) is 5.46. The molecule has 0 fully saturated rings. The van der Waals surface area contributed by atoms with E-state index in [4.69, 9.17) is 0 Å². The number of carbonyl (C=O) groups is 1. The van der Waals surface area contributed by atoms with Gasteiger partial charge < -0.3 is 9.47 Å². The standard InChI is InChI=1S/C28H29N3O2S/c1-27(2,3)34(33)29-28(23-19-30(4)24-16-10-8-14-21(23)24)22-15-9-11-17-25(22)31(26(28)32)18-20-12-6-5-7-13-20/h5-17,19,29H,18H2,1-4H3/t28-,34?/m1/s1. The van der Waals surface area contributed by atoms with Crippen molar-refractivity contribution in [3.8, 4) is 0 Å². The molecule has 0 saturated carbocycles. The summed E-state index contributed by atoms with van der Waals surface area (Å²) in [5.41, 5.74) is 3.26. The normalized spacial score (nSPS) is 18.9. The summed E-state index contributed by atoms with van der Waals surface area (Å²) in [5, 5.41) is 0.966. The van der Waals surface area contributed by atoms with Crippen molar-refractivity contribution >= 4 is 33.5 Å². The third-order valence-electron chi connectivity index (χ3n) is 6.45. The van der Waals surface area contributed by atoms with Crippen LogP contribution in [0.1, 0.15) is 37.5 Å². The molecule has 2 atom stereocenters. The Hall–Kier alpha value is -3.22. The number of para-hydroxylation sites is 2. The fraction of sp³-hybridized carbons (Fsp3) is 0.250. The van der Waals surface area contributed by atoms with Gasteiger partial charge in [0.05, 0.1) is 28.0 Å². The van der Waals surface area contributed by atoms with Gasteiger partial charge in [-0.3, -0.25) is 4.79 Å². The molecule has 0 radical (unpaired) electrons. The van der Waals surface area contributed by atoms with Crippen LogP contribution in [0.4, 0.5) is 5.69 Å². The predicted octanol–water partition coefficient (Wildman–Crippen LogP) is 5.02. The molecular weight excluding hydrogens is 442 g/mol. The van der Waals surface area contributed by atoms with Gasteiger partial charge in [-0.2, -0.15) is 0 Å². The minimum absolute atomic E-state index is 0.119. The van der Waals surface area contributed by atoms with E-state index < -0.39 is 21.3 Å². The topological polar surface area (TPSA) is 54.3 Å². The summed E-state index contributed by atoms with van der Waals surface area (Å²) in [4.78, 5) is 16.3. The van der Waals surface area contributed by atoms with Crippen LogP contribution in [0.2, 0.25) is 0 Å². The van der Waals surface area contributed by atoms with E-state index in [2.05, 4.69) is 4.72 Å². The number of benzene rings is 3. The average Bonchev–Trinajstić information content (AvgIpc) is 3.28. The largest absolute Gasteiger partial charge is 0.350 e. The van der Waals surface area contributed by atoms with Crippen molar-refractivity contribution in [2.24, 2.45) is 7.05 Å². The van der Waals surface area contributed by atoms with E-state index in [1.807, 2.05) is 122 Å². The van der Waals surface area contributed by atoms with Crippen molar-refractivity contribution in [1.29, 1.82) is 0 Å². The Morgan fingerprint density at radius 1 is 0.882 bits per heavy atom. The van der Waals surface area contributed by atoms with Gasteiger partial charge in [-0.1, -0.05) is 66.7 Å². The smallest absolute Gasteiger partial charge is 0.257 e. The molecule has 2 heterocycles. The summed E-state index contributed by atoms with van der Waals surface area (Å²) >= 11 is 0. The molecule has 5 nitrogen and oxygen atoms in total. The van der Waals surface area contributed by atoms with Crippen molar-refractivity contribution in [3.63, 3.8) is 0 Å². The summed E-state index contributed by atoms with van der Waals surface area (Å²) in [6.07, 6.45) is 2.00. The van der Waals surface area contributed by atoms with Crippen LogP contribution in [-0.4, -0.2) is 19.4 Å². The number of nitrogens with zero attached hydrogens (tertiary/aromatic N) is 2. The second-order valence-electron chi connectivity index (χ2n) is 9.80. The summed E-state index contributed by atoms with van der Waals surface area (Å²) in [7, 11) is 0.483. The van der Waals surface area contributed by atoms with Crippen LogP contribution in [0.3, 0.4) is 0 Å². The molecule has 174 valence electrons. The number of hydrogen-bond acceptors (Lipinski definition) is 2. The third kappa shape index (κ3) is 3.49. The Bertz CT molecular complexity index is 1400. The van der Waals surface area contributed by atoms with Crippen molar-refractivity contribution in [2.45, 2.75) is 37.6 Å². The molecule has 6 heteroatoms. The zero-order valence-electron chi connectivity index (χ0n) is 19.9. The molecule has 5 rings (SSSR count). The van der Waals surface area contributed by atoms with Crippen LogP contribution in [0.25, 0.3) is 10.9 Å². The maximum Gasteiger partial charge on any atom is 0.257 e. The summed E-state index contributed by atoms with van der Waals surface area (Å²) < 4.78 is 18.4. The average molecular weight is 472 g/mol. The number of hydrogen-bond donors (Lipinski definition) is 1. The molecule has 1 N–H and O–H groups in total. The number of nitrogens with one attached hydrogen (secondary N) is 1. The Morgan fingerprint density at radius 2 is 1.53 bits per heavy atom. The summed E-state index contributed by atoms with van der Waals surface area (Å²) in [5.74, 6) is -0.119. The van der Waals surface area contributed by atoms with E-state index in [0.717, 1.165) is 33.3 Å². The molecule has 0 aliphatic carbocycles. The fourth-order valence-electron chi connectivity index (χ4n) is 4.72.